The van der Waals surface area contributed by atoms with Crippen LogP contribution < -0.4 is 10.1 Å². The van der Waals surface area contributed by atoms with Crippen LogP contribution in [-0.2, 0) is 4.79 Å². The first-order valence-electron chi connectivity index (χ1n) is 7.39. The number of carbonyl (C=O) groups excluding carboxylic acids is 1. The monoisotopic (exact) mass is 276 g/mol. The summed E-state index contributed by atoms with van der Waals surface area (Å²) in [4.78, 5) is 14.6. The summed E-state index contributed by atoms with van der Waals surface area (Å²) in [5.74, 6) is 0.811. The van der Waals surface area contributed by atoms with E-state index in [0.717, 1.165) is 24.5 Å². The molecule has 1 aliphatic rings. The maximum Gasteiger partial charge on any atom is 0.241 e. The van der Waals surface area contributed by atoms with Crippen LogP contribution in [0.3, 0.4) is 0 Å². The lowest BCUT2D eigenvalue weighted by Crippen LogP contribution is -2.42. The Morgan fingerprint density at radius 3 is 2.60 bits per heavy atom. The SMILES string of the molecule is COc1cccc(NC(=O)C(C)N2CCCCCC2)c1. The van der Waals surface area contributed by atoms with E-state index in [1.165, 1.54) is 25.7 Å². The summed E-state index contributed by atoms with van der Waals surface area (Å²) in [5.41, 5.74) is 0.788. The number of amides is 1. The molecule has 20 heavy (non-hydrogen) atoms. The van der Waals surface area contributed by atoms with Gasteiger partial charge in [0, 0.05) is 11.8 Å². The fourth-order valence-corrected chi connectivity index (χ4v) is 2.60. The van der Waals surface area contributed by atoms with E-state index in [4.69, 9.17) is 4.74 Å². The minimum Gasteiger partial charge on any atom is -0.497 e. The van der Waals surface area contributed by atoms with Gasteiger partial charge in [-0.3, -0.25) is 9.69 Å². The fourth-order valence-electron chi connectivity index (χ4n) is 2.60. The Balaban J connectivity index is 1.95. The molecule has 0 spiro atoms. The minimum absolute atomic E-state index is 0.0557. The van der Waals surface area contributed by atoms with Crippen molar-refractivity contribution in [2.75, 3.05) is 25.5 Å². The molecule has 4 nitrogen and oxygen atoms in total. The first-order chi connectivity index (χ1) is 9.70. The lowest BCUT2D eigenvalue weighted by Gasteiger charge is -2.26. The number of rotatable bonds is 4. The molecule has 0 aliphatic carbocycles. The molecule has 1 unspecified atom stereocenters. The van der Waals surface area contributed by atoms with Crippen molar-refractivity contribution in [3.63, 3.8) is 0 Å². The average Bonchev–Trinajstić information content (AvgIpc) is 2.75. The van der Waals surface area contributed by atoms with Crippen molar-refractivity contribution >= 4 is 11.6 Å². The molecule has 110 valence electrons. The first-order valence-corrected chi connectivity index (χ1v) is 7.39. The number of carbonyl (C=O) groups is 1. The summed E-state index contributed by atoms with van der Waals surface area (Å²) in [6.45, 7) is 4.03. The number of benzene rings is 1. The zero-order valence-electron chi connectivity index (χ0n) is 12.4. The molecule has 1 N–H and O–H groups in total. The number of nitrogens with one attached hydrogen (secondary N) is 1. The van der Waals surface area contributed by atoms with Gasteiger partial charge in [0.1, 0.15) is 5.75 Å². The van der Waals surface area contributed by atoms with Gasteiger partial charge in [-0.1, -0.05) is 18.9 Å². The van der Waals surface area contributed by atoms with E-state index in [2.05, 4.69) is 10.2 Å². The van der Waals surface area contributed by atoms with Crippen molar-refractivity contribution in [3.8, 4) is 5.75 Å². The molecule has 0 radical (unpaired) electrons. The van der Waals surface area contributed by atoms with Crippen molar-refractivity contribution < 1.29 is 9.53 Å². The Kier molecular flexibility index (Phi) is 5.41. The predicted octanol–water partition coefficient (Wildman–Crippen LogP) is 2.90. The number of nitrogens with zero attached hydrogens (tertiary/aromatic N) is 1. The van der Waals surface area contributed by atoms with Crippen LogP contribution in [0.4, 0.5) is 5.69 Å². The van der Waals surface area contributed by atoms with Crippen LogP contribution in [-0.4, -0.2) is 37.0 Å². The van der Waals surface area contributed by atoms with Gasteiger partial charge in [0.2, 0.25) is 5.91 Å². The van der Waals surface area contributed by atoms with E-state index in [9.17, 15) is 4.79 Å². The van der Waals surface area contributed by atoms with Gasteiger partial charge in [-0.15, -0.1) is 0 Å². The number of ether oxygens (including phenoxy) is 1. The normalized spacial score (nSPS) is 18.1. The van der Waals surface area contributed by atoms with Crippen LogP contribution in [0.5, 0.6) is 5.75 Å². The van der Waals surface area contributed by atoms with Crippen LogP contribution in [0.1, 0.15) is 32.6 Å². The van der Waals surface area contributed by atoms with E-state index in [0.29, 0.717) is 0 Å². The third kappa shape index (κ3) is 3.97. The minimum atomic E-state index is -0.0840. The van der Waals surface area contributed by atoms with Crippen molar-refractivity contribution in [1.29, 1.82) is 0 Å². The van der Waals surface area contributed by atoms with E-state index < -0.39 is 0 Å². The van der Waals surface area contributed by atoms with Gasteiger partial charge < -0.3 is 10.1 Å². The Morgan fingerprint density at radius 1 is 1.25 bits per heavy atom. The van der Waals surface area contributed by atoms with Crippen LogP contribution in [0.2, 0.25) is 0 Å². The van der Waals surface area contributed by atoms with E-state index >= 15 is 0 Å². The van der Waals surface area contributed by atoms with Crippen LogP contribution >= 0.6 is 0 Å². The van der Waals surface area contributed by atoms with Crippen LogP contribution in [0.25, 0.3) is 0 Å². The highest BCUT2D eigenvalue weighted by Gasteiger charge is 2.22. The molecular formula is C16H24N2O2. The number of anilines is 1. The summed E-state index contributed by atoms with van der Waals surface area (Å²) < 4.78 is 5.17. The number of hydrogen-bond donors (Lipinski definition) is 1. The third-order valence-electron chi connectivity index (χ3n) is 3.91. The number of hydrogen-bond acceptors (Lipinski definition) is 3. The van der Waals surface area contributed by atoms with Gasteiger partial charge in [0.05, 0.1) is 13.2 Å². The van der Waals surface area contributed by atoms with E-state index in [-0.39, 0.29) is 11.9 Å². The lowest BCUT2D eigenvalue weighted by atomic mass is 10.2. The molecule has 1 amide bonds. The summed E-state index contributed by atoms with van der Waals surface area (Å²) in [6, 6.07) is 7.39. The van der Waals surface area contributed by atoms with Crippen molar-refractivity contribution in [1.82, 2.24) is 4.90 Å². The smallest absolute Gasteiger partial charge is 0.241 e. The maximum atomic E-state index is 12.3. The molecule has 0 saturated carbocycles. The molecule has 1 aliphatic heterocycles. The van der Waals surface area contributed by atoms with Crippen LogP contribution in [0, 0.1) is 0 Å². The summed E-state index contributed by atoms with van der Waals surface area (Å²) in [6.07, 6.45) is 4.94. The molecule has 1 aromatic carbocycles. The molecule has 2 rings (SSSR count). The Morgan fingerprint density at radius 2 is 1.95 bits per heavy atom. The topological polar surface area (TPSA) is 41.6 Å². The number of likely N-dealkylation sites (tertiary alicyclic amines) is 1. The second kappa shape index (κ2) is 7.29. The molecule has 0 bridgehead atoms. The highest BCUT2D eigenvalue weighted by molar-refractivity contribution is 5.94. The van der Waals surface area contributed by atoms with Gasteiger partial charge in [-0.05, 0) is 45.0 Å². The van der Waals surface area contributed by atoms with E-state index in [1.807, 2.05) is 31.2 Å². The fraction of sp³-hybridized carbons (Fsp3) is 0.562. The number of methoxy groups -OCH3 is 1. The van der Waals surface area contributed by atoms with Gasteiger partial charge >= 0.3 is 0 Å². The molecule has 1 aromatic rings. The quantitative estimate of drug-likeness (QED) is 0.919. The molecule has 1 heterocycles. The largest absolute Gasteiger partial charge is 0.497 e. The first kappa shape index (κ1) is 14.9. The van der Waals surface area contributed by atoms with Gasteiger partial charge in [-0.25, -0.2) is 0 Å². The lowest BCUT2D eigenvalue weighted by molar-refractivity contribution is -0.120. The second-order valence-corrected chi connectivity index (χ2v) is 5.35. The zero-order chi connectivity index (χ0) is 14.4. The molecular weight excluding hydrogens is 252 g/mol. The Labute approximate surface area is 121 Å². The average molecular weight is 276 g/mol. The van der Waals surface area contributed by atoms with Crippen LogP contribution in [0.15, 0.2) is 24.3 Å². The summed E-state index contributed by atoms with van der Waals surface area (Å²) in [7, 11) is 1.63. The molecule has 1 atom stereocenters. The van der Waals surface area contributed by atoms with Crippen molar-refractivity contribution in [3.05, 3.63) is 24.3 Å². The van der Waals surface area contributed by atoms with Gasteiger partial charge in [-0.2, -0.15) is 0 Å². The van der Waals surface area contributed by atoms with Gasteiger partial charge in [0.15, 0.2) is 0 Å². The summed E-state index contributed by atoms with van der Waals surface area (Å²) >= 11 is 0. The standard InChI is InChI=1S/C16H24N2O2/c1-13(18-10-5-3-4-6-11-18)16(19)17-14-8-7-9-15(12-14)20-2/h7-9,12-13H,3-6,10-11H2,1-2H3,(H,17,19). The zero-order valence-corrected chi connectivity index (χ0v) is 12.4. The highest BCUT2D eigenvalue weighted by Crippen LogP contribution is 2.18. The molecule has 0 aromatic heterocycles. The second-order valence-electron chi connectivity index (χ2n) is 5.35. The van der Waals surface area contributed by atoms with Crippen molar-refractivity contribution in [2.45, 2.75) is 38.6 Å². The Bertz CT molecular complexity index is 440. The Hall–Kier alpha value is -1.55. The van der Waals surface area contributed by atoms with Crippen molar-refractivity contribution in [2.24, 2.45) is 0 Å². The summed E-state index contributed by atoms with van der Waals surface area (Å²) in [5, 5.41) is 2.97. The highest BCUT2D eigenvalue weighted by atomic mass is 16.5. The third-order valence-corrected chi connectivity index (χ3v) is 3.91. The molecule has 4 heteroatoms. The molecule has 1 saturated heterocycles. The molecule has 1 fully saturated rings. The predicted molar refractivity (Wildman–Crippen MR) is 81.1 cm³/mol. The van der Waals surface area contributed by atoms with E-state index in [1.54, 1.807) is 7.11 Å². The maximum absolute atomic E-state index is 12.3. The van der Waals surface area contributed by atoms with Gasteiger partial charge in [0.25, 0.3) is 0 Å².